The maximum absolute atomic E-state index is 14.4. The lowest BCUT2D eigenvalue weighted by Gasteiger charge is -2.61. The number of imide groups is 1. The van der Waals surface area contributed by atoms with Crippen LogP contribution in [-0.2, 0) is 9.59 Å². The summed E-state index contributed by atoms with van der Waals surface area (Å²) in [6, 6.07) is 11.1. The molecule has 6 heterocycles. The van der Waals surface area contributed by atoms with Crippen LogP contribution in [0.15, 0.2) is 67.4 Å². The summed E-state index contributed by atoms with van der Waals surface area (Å²) < 4.78 is 31.9. The van der Waals surface area contributed by atoms with E-state index in [-0.39, 0.29) is 23.3 Å². The third-order valence-corrected chi connectivity index (χ3v) is 11.3. The molecule has 3 saturated heterocycles. The van der Waals surface area contributed by atoms with Crippen molar-refractivity contribution < 1.29 is 18.4 Å². The molecule has 1 aliphatic carbocycles. The van der Waals surface area contributed by atoms with Gasteiger partial charge >= 0.3 is 0 Å². The smallest absolute Gasteiger partial charge is 0.234 e. The summed E-state index contributed by atoms with van der Waals surface area (Å²) in [5.41, 5.74) is 5.31. The Balaban J connectivity index is 0.000000156. The second kappa shape index (κ2) is 14.3. The van der Waals surface area contributed by atoms with Crippen LogP contribution < -0.4 is 15.5 Å². The van der Waals surface area contributed by atoms with E-state index in [1.165, 1.54) is 44.1 Å². The van der Waals surface area contributed by atoms with Crippen LogP contribution in [0.25, 0.3) is 16.9 Å². The van der Waals surface area contributed by atoms with E-state index in [1.807, 2.05) is 23.0 Å². The van der Waals surface area contributed by atoms with Gasteiger partial charge < -0.3 is 15.1 Å². The van der Waals surface area contributed by atoms with Crippen LogP contribution in [0.1, 0.15) is 75.0 Å². The molecule has 2 amide bonds. The molecule has 276 valence electrons. The molecule has 53 heavy (non-hydrogen) atoms. The first kappa shape index (κ1) is 34.9. The minimum absolute atomic E-state index is 0.157. The van der Waals surface area contributed by atoms with Crippen molar-refractivity contribution >= 4 is 34.7 Å². The maximum Gasteiger partial charge on any atom is 0.234 e. The zero-order valence-electron chi connectivity index (χ0n) is 30.2. The number of aromatic nitrogens is 5. The van der Waals surface area contributed by atoms with Crippen molar-refractivity contribution in [2.45, 2.75) is 70.8 Å². The largest absolute Gasteiger partial charge is 0.370 e. The van der Waals surface area contributed by atoms with Gasteiger partial charge in [0.1, 0.15) is 11.6 Å². The summed E-state index contributed by atoms with van der Waals surface area (Å²) in [7, 11) is 0. The zero-order valence-corrected chi connectivity index (χ0v) is 30.2. The number of nitrogens with zero attached hydrogens (tertiary/aromatic N) is 7. The lowest BCUT2D eigenvalue weighted by atomic mass is 9.72. The molecule has 2 N–H and O–H groups in total. The van der Waals surface area contributed by atoms with Crippen LogP contribution in [0, 0.1) is 24.0 Å². The Morgan fingerprint density at radius 3 is 2.45 bits per heavy atom. The molecule has 3 aliphatic heterocycles. The van der Waals surface area contributed by atoms with Crippen LogP contribution in [0.3, 0.4) is 0 Å². The van der Waals surface area contributed by atoms with Crippen molar-refractivity contribution in [3.8, 4) is 11.3 Å². The van der Waals surface area contributed by atoms with Gasteiger partial charge in [-0.25, -0.2) is 18.7 Å². The number of amides is 2. The van der Waals surface area contributed by atoms with Crippen molar-refractivity contribution in [3.63, 3.8) is 0 Å². The number of carbonyl (C=O) groups is 2. The molecule has 3 aromatic heterocycles. The lowest BCUT2D eigenvalue weighted by molar-refractivity contribution is -0.134. The van der Waals surface area contributed by atoms with E-state index >= 15 is 0 Å². The zero-order chi connectivity index (χ0) is 36.7. The quantitative estimate of drug-likeness (QED) is 0.177. The summed E-state index contributed by atoms with van der Waals surface area (Å²) in [6.07, 6.45) is 15.8. The SMILES string of the molecule is CCN1CC2(C1)CN(c1ccc(C3CCC(=O)NC3=O)cc1)C2.Cc1cc(-c2cnc(Nc3cnn(C4CCCCC4)c3)c3nccn23)c(F)cc1F. The number of piperidine rings is 1. The van der Waals surface area contributed by atoms with E-state index in [4.69, 9.17) is 0 Å². The Morgan fingerprint density at radius 1 is 0.943 bits per heavy atom. The molecule has 1 saturated carbocycles. The summed E-state index contributed by atoms with van der Waals surface area (Å²) in [5.74, 6) is -1.16. The molecule has 4 aliphatic rings. The van der Waals surface area contributed by atoms with Gasteiger partial charge in [-0.1, -0.05) is 38.3 Å². The number of rotatable bonds is 7. The predicted molar refractivity (Wildman–Crippen MR) is 199 cm³/mol. The van der Waals surface area contributed by atoms with Gasteiger partial charge in [0.2, 0.25) is 11.8 Å². The van der Waals surface area contributed by atoms with Crippen molar-refractivity contribution in [2.75, 3.05) is 42.9 Å². The molecule has 11 nitrogen and oxygen atoms in total. The van der Waals surface area contributed by atoms with E-state index in [2.05, 4.69) is 54.6 Å². The minimum Gasteiger partial charge on any atom is -0.370 e. The summed E-state index contributed by atoms with van der Waals surface area (Å²) >= 11 is 0. The topological polar surface area (TPSA) is 113 Å². The Morgan fingerprint density at radius 2 is 1.72 bits per heavy atom. The van der Waals surface area contributed by atoms with Gasteiger partial charge in [-0.05, 0) is 62.1 Å². The molecule has 1 unspecified atom stereocenters. The Bertz CT molecular complexity index is 2130. The van der Waals surface area contributed by atoms with Gasteiger partial charge in [-0.15, -0.1) is 0 Å². The molecule has 4 fully saturated rings. The number of aryl methyl sites for hydroxylation is 1. The molecule has 5 aromatic rings. The van der Waals surface area contributed by atoms with Crippen molar-refractivity contribution in [1.29, 1.82) is 0 Å². The van der Waals surface area contributed by atoms with E-state index < -0.39 is 11.6 Å². The second-order valence-corrected chi connectivity index (χ2v) is 15.1. The van der Waals surface area contributed by atoms with Crippen LogP contribution in [-0.4, -0.2) is 73.6 Å². The third kappa shape index (κ3) is 7.01. The highest BCUT2D eigenvalue weighted by Crippen LogP contribution is 2.42. The number of halogens is 2. The number of hydrogen-bond donors (Lipinski definition) is 2. The summed E-state index contributed by atoms with van der Waals surface area (Å²) in [5, 5.41) is 10.2. The number of carbonyl (C=O) groups excluding carboxylic acids is 2. The predicted octanol–water partition coefficient (Wildman–Crippen LogP) is 6.78. The van der Waals surface area contributed by atoms with Crippen molar-refractivity contribution in [2.24, 2.45) is 5.41 Å². The number of nitrogens with one attached hydrogen (secondary N) is 2. The minimum atomic E-state index is -0.635. The van der Waals surface area contributed by atoms with Crippen LogP contribution in [0.4, 0.5) is 26.0 Å². The first-order valence-electron chi connectivity index (χ1n) is 18.7. The van der Waals surface area contributed by atoms with Crippen molar-refractivity contribution in [1.82, 2.24) is 34.4 Å². The van der Waals surface area contributed by atoms with Gasteiger partial charge in [0, 0.05) is 73.9 Å². The third-order valence-electron chi connectivity index (χ3n) is 11.3. The number of fused-ring (bicyclic) bond motifs is 1. The van der Waals surface area contributed by atoms with Crippen LogP contribution in [0.2, 0.25) is 0 Å². The molecule has 2 aromatic carbocycles. The van der Waals surface area contributed by atoms with Gasteiger partial charge in [0.15, 0.2) is 11.5 Å². The number of likely N-dealkylation sites (tertiary alicyclic amines) is 1. The summed E-state index contributed by atoms with van der Waals surface area (Å²) in [4.78, 5) is 36.9. The normalized spacial score (nSPS) is 20.1. The first-order valence-corrected chi connectivity index (χ1v) is 18.7. The molecule has 13 heteroatoms. The van der Waals surface area contributed by atoms with Gasteiger partial charge in [0.25, 0.3) is 0 Å². The average Bonchev–Trinajstić information content (AvgIpc) is 3.81. The molecule has 0 bridgehead atoms. The fourth-order valence-electron chi connectivity index (χ4n) is 8.35. The number of benzene rings is 2. The maximum atomic E-state index is 14.4. The number of imidazole rings is 1. The first-order chi connectivity index (χ1) is 25.7. The summed E-state index contributed by atoms with van der Waals surface area (Å²) in [6.45, 7) is 9.72. The lowest BCUT2D eigenvalue weighted by Crippen LogP contribution is -2.72. The fraction of sp³-hybridized carbons (Fsp3) is 0.425. The number of hydrogen-bond acceptors (Lipinski definition) is 8. The van der Waals surface area contributed by atoms with Crippen molar-refractivity contribution in [3.05, 3.63) is 90.1 Å². The van der Waals surface area contributed by atoms with E-state index in [9.17, 15) is 18.4 Å². The molecule has 1 atom stereocenters. The highest BCUT2D eigenvalue weighted by atomic mass is 19.1. The second-order valence-electron chi connectivity index (χ2n) is 15.1. The van der Waals surface area contributed by atoms with Crippen LogP contribution >= 0.6 is 0 Å². The standard InChI is InChI=1S/C22H22F2N6.C18H23N3O2/c1-14-9-17(19(24)10-18(14)23)20-12-26-21(22-25-7-8-29(20)22)28-15-11-27-30(13-15)16-5-3-2-4-6-16;1-2-20-9-18(10-20)11-21(12-18)14-5-3-13(4-6-14)15-7-8-16(22)19-17(15)23/h7-13,16H,2-6H2,1H3,(H,26,28);3-6,15H,2,7-12H2,1H3,(H,19,22,23). The van der Waals surface area contributed by atoms with Gasteiger partial charge in [-0.2, -0.15) is 5.10 Å². The molecular weight excluding hydrogens is 676 g/mol. The molecular formula is C40H45F2N9O2. The van der Waals surface area contributed by atoms with E-state index in [0.717, 1.165) is 49.8 Å². The van der Waals surface area contributed by atoms with E-state index in [1.54, 1.807) is 36.1 Å². The Kier molecular flexibility index (Phi) is 9.44. The molecule has 9 rings (SSSR count). The monoisotopic (exact) mass is 721 g/mol. The highest BCUT2D eigenvalue weighted by Gasteiger charge is 2.51. The van der Waals surface area contributed by atoms with Crippen LogP contribution in [0.5, 0.6) is 0 Å². The van der Waals surface area contributed by atoms with Gasteiger partial charge in [-0.3, -0.25) is 24.0 Å². The fourth-order valence-corrected chi connectivity index (χ4v) is 8.35. The molecule has 0 radical (unpaired) electrons. The number of anilines is 3. The Hall–Kier alpha value is -5.17. The Labute approximate surface area is 307 Å². The average molecular weight is 722 g/mol. The highest BCUT2D eigenvalue weighted by molar-refractivity contribution is 6.01. The van der Waals surface area contributed by atoms with E-state index in [0.29, 0.717) is 47.0 Å². The van der Waals surface area contributed by atoms with Gasteiger partial charge in [0.05, 0.1) is 35.7 Å². The molecule has 1 spiro atoms.